The zero-order chi connectivity index (χ0) is 20.8. The molecule has 5 rings (SSSR count). The molecule has 1 aliphatic carbocycles. The van der Waals surface area contributed by atoms with Gasteiger partial charge in [-0.25, -0.2) is 9.67 Å². The molecule has 30 heavy (non-hydrogen) atoms. The molecule has 0 spiro atoms. The average molecular weight is 402 g/mol. The molecule has 1 aliphatic rings. The lowest BCUT2D eigenvalue weighted by atomic mass is 9.81. The SMILES string of the molecule is COc1ccc(C2CC(=O)c3c(C)nn(-c4nc5ccccc5[nH]4)c3C2)c(OC)c1. The van der Waals surface area contributed by atoms with E-state index in [2.05, 4.69) is 15.1 Å². The van der Waals surface area contributed by atoms with Crippen molar-refractivity contribution in [2.45, 2.75) is 25.7 Å². The highest BCUT2D eigenvalue weighted by molar-refractivity contribution is 6.00. The van der Waals surface area contributed by atoms with E-state index in [1.807, 2.05) is 49.4 Å². The van der Waals surface area contributed by atoms with Gasteiger partial charge in [-0.05, 0) is 37.1 Å². The van der Waals surface area contributed by atoms with Gasteiger partial charge in [-0.3, -0.25) is 4.79 Å². The van der Waals surface area contributed by atoms with Gasteiger partial charge >= 0.3 is 0 Å². The van der Waals surface area contributed by atoms with E-state index < -0.39 is 0 Å². The van der Waals surface area contributed by atoms with Crippen LogP contribution in [0.3, 0.4) is 0 Å². The molecule has 0 amide bonds. The molecule has 152 valence electrons. The van der Waals surface area contributed by atoms with Gasteiger partial charge in [0.1, 0.15) is 11.5 Å². The number of ether oxygens (including phenoxy) is 2. The number of carbonyl (C=O) groups excluding carboxylic acids is 1. The molecule has 1 atom stereocenters. The number of hydrogen-bond donors (Lipinski definition) is 1. The summed E-state index contributed by atoms with van der Waals surface area (Å²) in [6.07, 6.45) is 1.09. The summed E-state index contributed by atoms with van der Waals surface area (Å²) in [4.78, 5) is 21.1. The summed E-state index contributed by atoms with van der Waals surface area (Å²) in [5.41, 5.74) is 5.11. The maximum absolute atomic E-state index is 13.1. The van der Waals surface area contributed by atoms with E-state index in [1.165, 1.54) is 0 Å². The van der Waals surface area contributed by atoms with Crippen molar-refractivity contribution in [1.29, 1.82) is 0 Å². The van der Waals surface area contributed by atoms with Gasteiger partial charge in [0.25, 0.3) is 0 Å². The fourth-order valence-corrected chi connectivity index (χ4v) is 4.35. The Kier molecular flexibility index (Phi) is 4.31. The Hall–Kier alpha value is -3.61. The summed E-state index contributed by atoms with van der Waals surface area (Å²) >= 11 is 0. The van der Waals surface area contributed by atoms with Crippen LogP contribution in [0.5, 0.6) is 11.5 Å². The van der Waals surface area contributed by atoms with Crippen LogP contribution < -0.4 is 9.47 Å². The second-order valence-electron chi connectivity index (χ2n) is 7.53. The minimum absolute atomic E-state index is 0.00918. The van der Waals surface area contributed by atoms with E-state index in [-0.39, 0.29) is 11.7 Å². The quantitative estimate of drug-likeness (QED) is 0.558. The van der Waals surface area contributed by atoms with Gasteiger partial charge < -0.3 is 14.5 Å². The van der Waals surface area contributed by atoms with Crippen molar-refractivity contribution in [3.05, 3.63) is 65.0 Å². The minimum atomic E-state index is -0.00918. The van der Waals surface area contributed by atoms with Gasteiger partial charge in [0.15, 0.2) is 5.78 Å². The Balaban J connectivity index is 1.60. The lowest BCUT2D eigenvalue weighted by Crippen LogP contribution is -2.21. The van der Waals surface area contributed by atoms with Crippen molar-refractivity contribution < 1.29 is 14.3 Å². The third-order valence-corrected chi connectivity index (χ3v) is 5.76. The normalized spacial score (nSPS) is 16.0. The Bertz CT molecular complexity index is 1240. The highest BCUT2D eigenvalue weighted by atomic mass is 16.5. The second-order valence-corrected chi connectivity index (χ2v) is 7.53. The number of aryl methyl sites for hydroxylation is 1. The monoisotopic (exact) mass is 402 g/mol. The summed E-state index contributed by atoms with van der Waals surface area (Å²) in [6.45, 7) is 1.88. The Morgan fingerprint density at radius 2 is 1.93 bits per heavy atom. The molecule has 0 saturated heterocycles. The lowest BCUT2D eigenvalue weighted by molar-refractivity contribution is 0.0963. The molecule has 0 fully saturated rings. The Morgan fingerprint density at radius 1 is 1.10 bits per heavy atom. The average Bonchev–Trinajstić information content (AvgIpc) is 3.34. The van der Waals surface area contributed by atoms with Crippen LogP contribution in [0.4, 0.5) is 0 Å². The summed E-state index contributed by atoms with van der Waals surface area (Å²) in [6, 6.07) is 13.6. The van der Waals surface area contributed by atoms with Crippen LogP contribution in [0.1, 0.15) is 39.6 Å². The fraction of sp³-hybridized carbons (Fsp3) is 0.261. The Labute approximate surface area is 173 Å². The summed E-state index contributed by atoms with van der Waals surface area (Å²) in [5.74, 6) is 2.16. The number of hydrogen-bond acceptors (Lipinski definition) is 5. The lowest BCUT2D eigenvalue weighted by Gasteiger charge is -2.24. The highest BCUT2D eigenvalue weighted by Gasteiger charge is 2.34. The van der Waals surface area contributed by atoms with Crippen LogP contribution >= 0.6 is 0 Å². The molecular weight excluding hydrogens is 380 g/mol. The van der Waals surface area contributed by atoms with Crippen molar-refractivity contribution in [3.8, 4) is 17.4 Å². The van der Waals surface area contributed by atoms with Crippen LogP contribution in [0.15, 0.2) is 42.5 Å². The largest absolute Gasteiger partial charge is 0.497 e. The molecule has 7 heteroatoms. The van der Waals surface area contributed by atoms with Gasteiger partial charge in [-0.2, -0.15) is 5.10 Å². The number of nitrogens with zero attached hydrogens (tertiary/aromatic N) is 3. The maximum atomic E-state index is 13.1. The number of Topliss-reactive ketones (excluding diaryl/α,β-unsaturated/α-hetero) is 1. The van der Waals surface area contributed by atoms with Crippen molar-refractivity contribution in [2.24, 2.45) is 0 Å². The number of nitrogens with one attached hydrogen (secondary N) is 1. The van der Waals surface area contributed by atoms with Crippen molar-refractivity contribution in [1.82, 2.24) is 19.7 Å². The molecule has 2 aromatic carbocycles. The standard InChI is InChI=1S/C23H22N4O3/c1-13-22-19(27(26-13)23-24-17-6-4-5-7-18(17)25-23)10-14(11-20(22)28)16-9-8-15(29-2)12-21(16)30-3/h4-9,12,14H,10-11H2,1-3H3,(H,24,25). The van der Waals surface area contributed by atoms with Gasteiger partial charge in [0, 0.05) is 18.4 Å². The van der Waals surface area contributed by atoms with Crippen LogP contribution in [0, 0.1) is 6.92 Å². The molecule has 1 N–H and O–H groups in total. The Morgan fingerprint density at radius 3 is 2.70 bits per heavy atom. The first kappa shape index (κ1) is 18.4. The summed E-state index contributed by atoms with van der Waals surface area (Å²) in [7, 11) is 3.26. The van der Waals surface area contributed by atoms with Crippen molar-refractivity contribution >= 4 is 16.8 Å². The highest BCUT2D eigenvalue weighted by Crippen LogP contribution is 2.39. The van der Waals surface area contributed by atoms with Crippen LogP contribution in [0.25, 0.3) is 17.0 Å². The fourth-order valence-electron chi connectivity index (χ4n) is 4.35. The third-order valence-electron chi connectivity index (χ3n) is 5.76. The minimum Gasteiger partial charge on any atom is -0.497 e. The molecule has 2 heterocycles. The van der Waals surface area contributed by atoms with E-state index in [9.17, 15) is 4.79 Å². The number of aromatic nitrogens is 4. The molecule has 0 aliphatic heterocycles. The number of fused-ring (bicyclic) bond motifs is 2. The number of carbonyl (C=O) groups is 1. The molecular formula is C23H22N4O3. The van der Waals surface area contributed by atoms with Gasteiger partial charge in [-0.15, -0.1) is 0 Å². The second kappa shape index (κ2) is 7.02. The number of para-hydroxylation sites is 2. The number of rotatable bonds is 4. The predicted octanol–water partition coefficient (Wildman–Crippen LogP) is 3.99. The van der Waals surface area contributed by atoms with Gasteiger partial charge in [-0.1, -0.05) is 18.2 Å². The smallest absolute Gasteiger partial charge is 0.229 e. The molecule has 2 aromatic heterocycles. The first-order chi connectivity index (χ1) is 14.6. The summed E-state index contributed by atoms with van der Waals surface area (Å²) < 4.78 is 12.7. The molecule has 0 radical (unpaired) electrons. The van der Waals surface area contributed by atoms with Crippen LogP contribution in [-0.2, 0) is 6.42 Å². The molecule has 0 saturated carbocycles. The van der Waals surface area contributed by atoms with Gasteiger partial charge in [0.05, 0.1) is 42.2 Å². The number of imidazole rings is 1. The number of ketones is 1. The zero-order valence-electron chi connectivity index (χ0n) is 17.1. The van der Waals surface area contributed by atoms with E-state index in [0.29, 0.717) is 24.4 Å². The first-order valence-electron chi connectivity index (χ1n) is 9.87. The zero-order valence-corrected chi connectivity index (χ0v) is 17.1. The van der Waals surface area contributed by atoms with Crippen molar-refractivity contribution in [3.63, 3.8) is 0 Å². The van der Waals surface area contributed by atoms with Gasteiger partial charge in [0.2, 0.25) is 5.95 Å². The molecule has 0 bridgehead atoms. The summed E-state index contributed by atoms with van der Waals surface area (Å²) in [5, 5.41) is 4.66. The predicted molar refractivity (Wildman–Crippen MR) is 113 cm³/mol. The maximum Gasteiger partial charge on any atom is 0.229 e. The van der Waals surface area contributed by atoms with Crippen LogP contribution in [-0.4, -0.2) is 39.8 Å². The molecule has 7 nitrogen and oxygen atoms in total. The number of methoxy groups -OCH3 is 2. The third kappa shape index (κ3) is 2.85. The topological polar surface area (TPSA) is 82.0 Å². The van der Waals surface area contributed by atoms with E-state index in [4.69, 9.17) is 9.47 Å². The van der Waals surface area contributed by atoms with E-state index in [0.717, 1.165) is 39.5 Å². The number of aromatic amines is 1. The molecule has 1 unspecified atom stereocenters. The first-order valence-corrected chi connectivity index (χ1v) is 9.87. The van der Waals surface area contributed by atoms with Crippen molar-refractivity contribution in [2.75, 3.05) is 14.2 Å². The number of benzene rings is 2. The van der Waals surface area contributed by atoms with Crippen LogP contribution in [0.2, 0.25) is 0 Å². The van der Waals surface area contributed by atoms with E-state index in [1.54, 1.807) is 18.9 Å². The number of H-pyrrole nitrogens is 1. The molecule has 4 aromatic rings. The van der Waals surface area contributed by atoms with E-state index >= 15 is 0 Å².